The molecule has 2 rings (SSSR count). The van der Waals surface area contributed by atoms with E-state index >= 15 is 0 Å². The van der Waals surface area contributed by atoms with Crippen LogP contribution in [0.1, 0.15) is 54.4 Å². The molecule has 0 saturated carbocycles. The van der Waals surface area contributed by atoms with Crippen molar-refractivity contribution in [1.82, 2.24) is 9.80 Å². The van der Waals surface area contributed by atoms with Gasteiger partial charge in [-0.15, -0.1) is 0 Å². The Morgan fingerprint density at radius 2 is 1.56 bits per heavy atom. The molecular formula is C16H32N2. The van der Waals surface area contributed by atoms with Gasteiger partial charge in [-0.3, -0.25) is 4.90 Å². The van der Waals surface area contributed by atoms with Gasteiger partial charge in [0.15, 0.2) is 0 Å². The molecular weight excluding hydrogens is 220 g/mol. The van der Waals surface area contributed by atoms with Crippen molar-refractivity contribution < 1.29 is 0 Å². The minimum Gasteiger partial charge on any atom is -0.302 e. The molecule has 106 valence electrons. The van der Waals surface area contributed by atoms with Gasteiger partial charge in [0.05, 0.1) is 0 Å². The van der Waals surface area contributed by atoms with E-state index in [4.69, 9.17) is 0 Å². The number of hydrogen-bond acceptors (Lipinski definition) is 2. The predicted molar refractivity (Wildman–Crippen MR) is 78.9 cm³/mol. The minimum atomic E-state index is 0.356. The van der Waals surface area contributed by atoms with Crippen molar-refractivity contribution in [3.63, 3.8) is 0 Å². The van der Waals surface area contributed by atoms with Gasteiger partial charge < -0.3 is 4.90 Å². The van der Waals surface area contributed by atoms with Crippen LogP contribution in [0, 0.1) is 10.8 Å². The summed E-state index contributed by atoms with van der Waals surface area (Å²) in [7, 11) is 0. The molecule has 0 amide bonds. The number of hydrogen-bond donors (Lipinski definition) is 0. The van der Waals surface area contributed by atoms with Gasteiger partial charge in [0.1, 0.15) is 0 Å². The maximum Gasteiger partial charge on any atom is 0.0125 e. The molecule has 2 fully saturated rings. The van der Waals surface area contributed by atoms with Crippen molar-refractivity contribution in [1.29, 1.82) is 0 Å². The molecule has 0 bridgehead atoms. The smallest absolute Gasteiger partial charge is 0.0125 e. The van der Waals surface area contributed by atoms with Crippen LogP contribution in [0.2, 0.25) is 0 Å². The van der Waals surface area contributed by atoms with Crippen molar-refractivity contribution in [2.24, 2.45) is 10.8 Å². The average Bonchev–Trinajstić information content (AvgIpc) is 2.55. The van der Waals surface area contributed by atoms with E-state index in [1.807, 2.05) is 0 Å². The van der Waals surface area contributed by atoms with Crippen molar-refractivity contribution in [3.05, 3.63) is 0 Å². The summed E-state index contributed by atoms with van der Waals surface area (Å²) in [6.07, 6.45) is 2.74. The van der Waals surface area contributed by atoms with Gasteiger partial charge >= 0.3 is 0 Å². The number of likely N-dealkylation sites (tertiary alicyclic amines) is 2. The molecule has 2 heteroatoms. The first-order valence-electron chi connectivity index (χ1n) is 7.57. The summed E-state index contributed by atoms with van der Waals surface area (Å²) in [4.78, 5) is 5.34. The van der Waals surface area contributed by atoms with Crippen LogP contribution in [0.5, 0.6) is 0 Å². The van der Waals surface area contributed by atoms with Gasteiger partial charge in [-0.1, -0.05) is 20.8 Å². The summed E-state index contributed by atoms with van der Waals surface area (Å²) in [5.74, 6) is 0. The minimum absolute atomic E-state index is 0.356. The Kier molecular flexibility index (Phi) is 3.57. The van der Waals surface area contributed by atoms with Crippen LogP contribution in [-0.2, 0) is 0 Å². The Morgan fingerprint density at radius 1 is 0.944 bits per heavy atom. The van der Waals surface area contributed by atoms with E-state index in [-0.39, 0.29) is 0 Å². The molecule has 2 aliphatic heterocycles. The zero-order valence-electron chi connectivity index (χ0n) is 13.3. The van der Waals surface area contributed by atoms with Gasteiger partial charge in [-0.25, -0.2) is 0 Å². The van der Waals surface area contributed by atoms with E-state index in [1.165, 1.54) is 45.6 Å². The lowest BCUT2D eigenvalue weighted by atomic mass is 9.78. The summed E-state index contributed by atoms with van der Waals surface area (Å²) in [6.45, 7) is 20.7. The van der Waals surface area contributed by atoms with Gasteiger partial charge in [-0.2, -0.15) is 0 Å². The van der Waals surface area contributed by atoms with Gasteiger partial charge in [0, 0.05) is 30.6 Å². The standard InChI is InChI=1S/C16H32N2/c1-14(2,3)7-9-17-11-16(12-17)8-10-18(13-16)15(4,5)6/h7-13H2,1-6H3. The second-order valence-electron chi connectivity index (χ2n) is 8.86. The Bertz CT molecular complexity index is 289. The SMILES string of the molecule is CC(C)(C)CCN1CC2(CCN(C(C)(C)C)C2)C1. The van der Waals surface area contributed by atoms with Crippen LogP contribution in [0.25, 0.3) is 0 Å². The molecule has 2 nitrogen and oxygen atoms in total. The lowest BCUT2D eigenvalue weighted by Crippen LogP contribution is -2.58. The van der Waals surface area contributed by atoms with Crippen molar-refractivity contribution in [3.8, 4) is 0 Å². The van der Waals surface area contributed by atoms with Crippen LogP contribution >= 0.6 is 0 Å². The first-order chi connectivity index (χ1) is 8.10. The summed E-state index contributed by atoms with van der Waals surface area (Å²) >= 11 is 0. The van der Waals surface area contributed by atoms with Crippen LogP contribution in [-0.4, -0.2) is 48.1 Å². The fourth-order valence-electron chi connectivity index (χ4n) is 3.32. The zero-order valence-corrected chi connectivity index (χ0v) is 13.3. The molecule has 0 atom stereocenters. The molecule has 0 aromatic heterocycles. The monoisotopic (exact) mass is 252 g/mol. The second kappa shape index (κ2) is 4.49. The fourth-order valence-corrected chi connectivity index (χ4v) is 3.32. The van der Waals surface area contributed by atoms with Gasteiger partial charge in [0.2, 0.25) is 0 Å². The molecule has 0 aliphatic carbocycles. The van der Waals surface area contributed by atoms with Crippen LogP contribution < -0.4 is 0 Å². The van der Waals surface area contributed by atoms with Crippen molar-refractivity contribution in [2.75, 3.05) is 32.7 Å². The summed E-state index contributed by atoms with van der Waals surface area (Å²) in [6, 6.07) is 0. The molecule has 1 spiro atoms. The average molecular weight is 252 g/mol. The number of rotatable bonds is 2. The fraction of sp³-hybridized carbons (Fsp3) is 1.00. The lowest BCUT2D eigenvalue weighted by Gasteiger charge is -2.49. The summed E-state index contributed by atoms with van der Waals surface area (Å²) in [5.41, 5.74) is 1.48. The molecule has 0 N–H and O–H groups in total. The number of nitrogens with zero attached hydrogens (tertiary/aromatic N) is 2. The second-order valence-corrected chi connectivity index (χ2v) is 8.86. The molecule has 18 heavy (non-hydrogen) atoms. The van der Waals surface area contributed by atoms with E-state index in [2.05, 4.69) is 51.3 Å². The Labute approximate surface area is 114 Å². The molecule has 0 aromatic carbocycles. The van der Waals surface area contributed by atoms with Gasteiger partial charge in [0.25, 0.3) is 0 Å². The van der Waals surface area contributed by atoms with E-state index in [0.29, 0.717) is 16.4 Å². The first-order valence-corrected chi connectivity index (χ1v) is 7.57. The molecule has 2 heterocycles. The highest BCUT2D eigenvalue weighted by atomic mass is 15.3. The van der Waals surface area contributed by atoms with E-state index in [1.54, 1.807) is 0 Å². The maximum absolute atomic E-state index is 2.67. The quantitative estimate of drug-likeness (QED) is 0.744. The molecule has 0 radical (unpaired) electrons. The van der Waals surface area contributed by atoms with Crippen molar-refractivity contribution in [2.45, 2.75) is 59.9 Å². The van der Waals surface area contributed by atoms with Crippen LogP contribution in [0.3, 0.4) is 0 Å². The third-order valence-corrected chi connectivity index (χ3v) is 4.68. The predicted octanol–water partition coefficient (Wildman–Crippen LogP) is 3.23. The largest absolute Gasteiger partial charge is 0.302 e. The van der Waals surface area contributed by atoms with E-state index in [9.17, 15) is 0 Å². The zero-order chi connectivity index (χ0) is 13.6. The Morgan fingerprint density at radius 3 is 2.00 bits per heavy atom. The topological polar surface area (TPSA) is 6.48 Å². The normalized spacial score (nSPS) is 25.7. The summed E-state index contributed by atoms with van der Waals surface area (Å²) in [5, 5.41) is 0. The van der Waals surface area contributed by atoms with E-state index in [0.717, 1.165) is 0 Å². The molecule has 2 aliphatic rings. The molecule has 0 unspecified atom stereocenters. The third kappa shape index (κ3) is 3.27. The lowest BCUT2D eigenvalue weighted by molar-refractivity contribution is -0.00507. The van der Waals surface area contributed by atoms with Crippen LogP contribution in [0.15, 0.2) is 0 Å². The van der Waals surface area contributed by atoms with E-state index < -0.39 is 0 Å². The Balaban J connectivity index is 1.76. The third-order valence-electron chi connectivity index (χ3n) is 4.68. The maximum atomic E-state index is 2.67. The Hall–Kier alpha value is -0.0800. The highest BCUT2D eigenvalue weighted by Crippen LogP contribution is 2.42. The first kappa shape index (κ1) is 14.3. The van der Waals surface area contributed by atoms with Crippen molar-refractivity contribution >= 4 is 0 Å². The summed E-state index contributed by atoms with van der Waals surface area (Å²) < 4.78 is 0. The van der Waals surface area contributed by atoms with Crippen LogP contribution in [0.4, 0.5) is 0 Å². The highest BCUT2D eigenvalue weighted by molar-refractivity contribution is 5.03. The van der Waals surface area contributed by atoms with Gasteiger partial charge in [-0.05, 0) is 52.1 Å². The molecule has 2 saturated heterocycles. The highest BCUT2D eigenvalue weighted by Gasteiger charge is 2.48. The molecule has 0 aromatic rings.